The number of amides is 1. The fraction of sp³-hybridized carbons (Fsp3) is 0.800. The Bertz CT molecular complexity index is 690. The van der Waals surface area contributed by atoms with Crippen LogP contribution in [0.15, 0.2) is 4.34 Å². The summed E-state index contributed by atoms with van der Waals surface area (Å²) in [5.41, 5.74) is 0. The van der Waals surface area contributed by atoms with Gasteiger partial charge in [0.1, 0.15) is 0 Å². The molecule has 1 aliphatic heterocycles. The average Bonchev–Trinajstić information content (AvgIpc) is 3.11. The first kappa shape index (κ1) is 20.4. The molecule has 1 saturated heterocycles. The minimum absolute atomic E-state index is 0.0268. The summed E-state index contributed by atoms with van der Waals surface area (Å²) in [6.07, 6.45) is 1.33. The Labute approximate surface area is 157 Å². The van der Waals surface area contributed by atoms with E-state index in [2.05, 4.69) is 15.5 Å². The molecule has 1 N–H and O–H groups in total. The molecule has 0 aliphatic carbocycles. The zero-order chi connectivity index (χ0) is 18.6. The smallest absolute Gasteiger partial charge is 0.233 e. The molecule has 0 unspecified atom stereocenters. The van der Waals surface area contributed by atoms with E-state index in [9.17, 15) is 13.2 Å². The van der Waals surface area contributed by atoms with Crippen molar-refractivity contribution in [2.75, 3.05) is 22.6 Å². The van der Waals surface area contributed by atoms with Gasteiger partial charge in [0.15, 0.2) is 14.2 Å². The minimum Gasteiger partial charge on any atom is -0.358 e. The number of nitrogens with zero attached hydrogens (tertiary/aromatic N) is 3. The lowest BCUT2D eigenvalue weighted by Gasteiger charge is -2.33. The summed E-state index contributed by atoms with van der Waals surface area (Å²) < 4.78 is 24.3. The monoisotopic (exact) mass is 406 g/mol. The maximum Gasteiger partial charge on any atom is 0.233 e. The van der Waals surface area contributed by atoms with Gasteiger partial charge in [-0.3, -0.25) is 4.79 Å². The van der Waals surface area contributed by atoms with Crippen molar-refractivity contribution >= 4 is 44.0 Å². The summed E-state index contributed by atoms with van der Waals surface area (Å²) in [6.45, 7) is 8.04. The van der Waals surface area contributed by atoms with Crippen molar-refractivity contribution in [3.63, 3.8) is 0 Å². The highest BCUT2D eigenvalue weighted by atomic mass is 32.2. The summed E-state index contributed by atoms with van der Waals surface area (Å²) >= 11 is 2.78. The van der Waals surface area contributed by atoms with Gasteiger partial charge in [-0.05, 0) is 33.6 Å². The topological polar surface area (TPSA) is 92.3 Å². The van der Waals surface area contributed by atoms with Crippen LogP contribution in [0.1, 0.15) is 40.5 Å². The first-order valence-electron chi connectivity index (χ1n) is 8.46. The van der Waals surface area contributed by atoms with Gasteiger partial charge in [0.05, 0.1) is 17.3 Å². The molecule has 0 aromatic carbocycles. The SMILES string of the molecule is CC[C@H](C)N(C(=O)CSc1nnc(NC(C)C)s1)[C@H]1CCS(=O)(=O)C1. The molecule has 0 bridgehead atoms. The first-order valence-corrected chi connectivity index (χ1v) is 12.1. The molecule has 1 aliphatic rings. The summed E-state index contributed by atoms with van der Waals surface area (Å²) in [5.74, 6) is 0.465. The van der Waals surface area contributed by atoms with Crippen molar-refractivity contribution in [3.05, 3.63) is 0 Å². The summed E-state index contributed by atoms with van der Waals surface area (Å²) in [4.78, 5) is 14.5. The van der Waals surface area contributed by atoms with E-state index < -0.39 is 9.84 Å². The zero-order valence-electron chi connectivity index (χ0n) is 15.1. The maximum atomic E-state index is 12.8. The summed E-state index contributed by atoms with van der Waals surface area (Å²) in [5, 5.41) is 12.1. The minimum atomic E-state index is -3.02. The van der Waals surface area contributed by atoms with Gasteiger partial charge in [-0.2, -0.15) is 0 Å². The van der Waals surface area contributed by atoms with Crippen LogP contribution in [0, 0.1) is 0 Å². The van der Waals surface area contributed by atoms with Gasteiger partial charge in [0, 0.05) is 18.1 Å². The van der Waals surface area contributed by atoms with Crippen LogP contribution in [-0.2, 0) is 14.6 Å². The van der Waals surface area contributed by atoms with E-state index in [0.717, 1.165) is 15.9 Å². The van der Waals surface area contributed by atoms with Crippen molar-refractivity contribution in [2.45, 2.75) is 63.0 Å². The highest BCUT2D eigenvalue weighted by molar-refractivity contribution is 8.01. The summed E-state index contributed by atoms with van der Waals surface area (Å²) in [6, 6.07) is 0.0947. The van der Waals surface area contributed by atoms with Gasteiger partial charge in [-0.15, -0.1) is 10.2 Å². The lowest BCUT2D eigenvalue weighted by Crippen LogP contribution is -2.47. The van der Waals surface area contributed by atoms with Crippen LogP contribution in [0.5, 0.6) is 0 Å². The number of carbonyl (C=O) groups is 1. The van der Waals surface area contributed by atoms with Crippen molar-refractivity contribution in [1.29, 1.82) is 0 Å². The Morgan fingerprint density at radius 1 is 1.40 bits per heavy atom. The van der Waals surface area contributed by atoms with E-state index in [4.69, 9.17) is 0 Å². The quantitative estimate of drug-likeness (QED) is 0.662. The van der Waals surface area contributed by atoms with Gasteiger partial charge in [0.25, 0.3) is 0 Å². The highest BCUT2D eigenvalue weighted by Crippen LogP contribution is 2.28. The molecule has 2 heterocycles. The van der Waals surface area contributed by atoms with Crippen LogP contribution in [0.2, 0.25) is 0 Å². The number of hydrogen-bond donors (Lipinski definition) is 1. The van der Waals surface area contributed by atoms with Crippen LogP contribution < -0.4 is 5.32 Å². The van der Waals surface area contributed by atoms with E-state index in [-0.39, 0.29) is 41.3 Å². The normalized spacial score (nSPS) is 20.6. The number of hydrogen-bond acceptors (Lipinski definition) is 8. The van der Waals surface area contributed by atoms with Gasteiger partial charge in [0.2, 0.25) is 11.0 Å². The first-order chi connectivity index (χ1) is 11.7. The predicted octanol–water partition coefficient (Wildman–Crippen LogP) is 2.26. The molecule has 1 aromatic rings. The molecular weight excluding hydrogens is 380 g/mol. The third-order valence-electron chi connectivity index (χ3n) is 4.09. The number of thioether (sulfide) groups is 1. The van der Waals surface area contributed by atoms with Crippen LogP contribution in [0.25, 0.3) is 0 Å². The lowest BCUT2D eigenvalue weighted by atomic mass is 10.1. The Morgan fingerprint density at radius 3 is 2.68 bits per heavy atom. The third kappa shape index (κ3) is 5.82. The molecule has 2 rings (SSSR count). The molecule has 0 saturated carbocycles. The number of nitrogens with one attached hydrogen (secondary N) is 1. The van der Waals surface area contributed by atoms with Gasteiger partial charge in [-0.1, -0.05) is 30.0 Å². The molecule has 1 aromatic heterocycles. The molecule has 25 heavy (non-hydrogen) atoms. The van der Waals surface area contributed by atoms with Crippen LogP contribution in [0.3, 0.4) is 0 Å². The fourth-order valence-corrected chi connectivity index (χ4v) is 6.25. The van der Waals surface area contributed by atoms with Crippen LogP contribution in [-0.4, -0.2) is 64.8 Å². The van der Waals surface area contributed by atoms with E-state index in [1.165, 1.54) is 23.1 Å². The van der Waals surface area contributed by atoms with E-state index in [1.807, 2.05) is 27.7 Å². The van der Waals surface area contributed by atoms with Crippen molar-refractivity contribution in [1.82, 2.24) is 15.1 Å². The second kappa shape index (κ2) is 8.68. The molecule has 7 nitrogen and oxygen atoms in total. The highest BCUT2D eigenvalue weighted by Gasteiger charge is 2.36. The Kier molecular flexibility index (Phi) is 7.10. The average molecular weight is 407 g/mol. The molecule has 1 fully saturated rings. The molecule has 1 amide bonds. The molecule has 10 heteroatoms. The molecule has 2 atom stereocenters. The summed E-state index contributed by atoms with van der Waals surface area (Å²) in [7, 11) is -3.02. The maximum absolute atomic E-state index is 12.8. The number of rotatable bonds is 8. The lowest BCUT2D eigenvalue weighted by molar-refractivity contribution is -0.132. The van der Waals surface area contributed by atoms with Crippen molar-refractivity contribution in [2.24, 2.45) is 0 Å². The second-order valence-corrected chi connectivity index (χ2v) is 11.0. The Morgan fingerprint density at radius 2 is 2.12 bits per heavy atom. The Balaban J connectivity index is 1.99. The molecule has 0 spiro atoms. The van der Waals surface area contributed by atoms with E-state index >= 15 is 0 Å². The van der Waals surface area contributed by atoms with Gasteiger partial charge < -0.3 is 10.2 Å². The fourth-order valence-electron chi connectivity index (χ4n) is 2.77. The number of anilines is 1. The second-order valence-electron chi connectivity index (χ2n) is 6.58. The van der Waals surface area contributed by atoms with Crippen molar-refractivity contribution < 1.29 is 13.2 Å². The van der Waals surface area contributed by atoms with Crippen LogP contribution >= 0.6 is 23.1 Å². The van der Waals surface area contributed by atoms with Crippen LogP contribution in [0.4, 0.5) is 5.13 Å². The number of carbonyl (C=O) groups excluding carboxylic acids is 1. The molecule has 0 radical (unpaired) electrons. The van der Waals surface area contributed by atoms with Gasteiger partial charge in [-0.25, -0.2) is 8.42 Å². The van der Waals surface area contributed by atoms with E-state index in [0.29, 0.717) is 6.42 Å². The predicted molar refractivity (Wildman–Crippen MR) is 103 cm³/mol. The standard InChI is InChI=1S/C15H26N4O3S3/c1-5-11(4)19(12-6-7-25(21,22)9-12)13(20)8-23-15-18-17-14(24-15)16-10(2)3/h10-12H,5-9H2,1-4H3,(H,16,17)/t11-,12-/m0/s1. The molecular formula is C15H26N4O3S3. The van der Waals surface area contributed by atoms with Crippen molar-refractivity contribution in [3.8, 4) is 0 Å². The largest absolute Gasteiger partial charge is 0.358 e. The number of sulfone groups is 1. The number of aromatic nitrogens is 2. The zero-order valence-corrected chi connectivity index (χ0v) is 17.5. The van der Waals surface area contributed by atoms with Gasteiger partial charge >= 0.3 is 0 Å². The Hall–Kier alpha value is -0.870. The van der Waals surface area contributed by atoms with E-state index in [1.54, 1.807) is 4.90 Å². The molecule has 142 valence electrons. The third-order valence-corrected chi connectivity index (χ3v) is 7.82.